The molecule has 1 fully saturated rings. The minimum absolute atomic E-state index is 0.00678. The second-order valence-electron chi connectivity index (χ2n) is 5.38. The Morgan fingerprint density at radius 3 is 2.69 bits per heavy atom. The van der Waals surface area contributed by atoms with E-state index in [2.05, 4.69) is 37.9 Å². The van der Waals surface area contributed by atoms with Crippen molar-refractivity contribution in [2.45, 2.75) is 58.2 Å². The van der Waals surface area contributed by atoms with Crippen LogP contribution in [-0.4, -0.2) is 46.7 Å². The van der Waals surface area contributed by atoms with Gasteiger partial charge in [-0.3, -0.25) is 9.69 Å². The highest BCUT2D eigenvalue weighted by atomic mass is 16.3. The highest BCUT2D eigenvalue weighted by Gasteiger charge is 2.39. The Morgan fingerprint density at radius 1 is 1.56 bits per heavy atom. The van der Waals surface area contributed by atoms with E-state index < -0.39 is 0 Å². The van der Waals surface area contributed by atoms with Gasteiger partial charge < -0.3 is 10.4 Å². The average molecular weight is 228 g/mol. The molecule has 0 saturated carbocycles. The molecule has 1 atom stereocenters. The predicted octanol–water partition coefficient (Wildman–Crippen LogP) is 0.746. The molecule has 0 aromatic rings. The molecule has 1 rings (SSSR count). The molecule has 0 spiro atoms. The summed E-state index contributed by atoms with van der Waals surface area (Å²) in [6.07, 6.45) is 1.45. The number of aliphatic hydroxyl groups is 1. The average Bonchev–Trinajstić information content (AvgIpc) is 2.24. The molecule has 1 heterocycles. The minimum Gasteiger partial charge on any atom is -0.396 e. The first-order valence-corrected chi connectivity index (χ1v) is 6.07. The van der Waals surface area contributed by atoms with Crippen molar-refractivity contribution >= 4 is 5.91 Å². The maximum Gasteiger partial charge on any atom is 0.237 e. The molecule has 94 valence electrons. The summed E-state index contributed by atoms with van der Waals surface area (Å²) in [4.78, 5) is 14.2. The molecular formula is C12H24N2O2. The standard InChI is InChI=1S/C12H24N2O2/c1-9(2)14-10(5-8-15)11(16)13-7-6-12(14,3)4/h9-10,15H,5-8H2,1-4H3,(H,13,16). The summed E-state index contributed by atoms with van der Waals surface area (Å²) in [5, 5.41) is 12.0. The van der Waals surface area contributed by atoms with Crippen molar-refractivity contribution in [3.8, 4) is 0 Å². The van der Waals surface area contributed by atoms with Gasteiger partial charge in [-0.2, -0.15) is 0 Å². The van der Waals surface area contributed by atoms with Crippen molar-refractivity contribution in [2.24, 2.45) is 0 Å². The number of nitrogens with one attached hydrogen (secondary N) is 1. The van der Waals surface area contributed by atoms with Crippen molar-refractivity contribution in [3.05, 3.63) is 0 Å². The smallest absolute Gasteiger partial charge is 0.237 e. The number of nitrogens with zero attached hydrogens (tertiary/aromatic N) is 1. The van der Waals surface area contributed by atoms with Gasteiger partial charge >= 0.3 is 0 Å². The first kappa shape index (κ1) is 13.5. The lowest BCUT2D eigenvalue weighted by Gasteiger charge is -2.43. The van der Waals surface area contributed by atoms with E-state index in [9.17, 15) is 4.79 Å². The van der Waals surface area contributed by atoms with E-state index in [1.807, 2.05) is 0 Å². The summed E-state index contributed by atoms with van der Waals surface area (Å²) < 4.78 is 0. The fourth-order valence-electron chi connectivity index (χ4n) is 2.74. The molecule has 0 bridgehead atoms. The van der Waals surface area contributed by atoms with E-state index in [4.69, 9.17) is 5.11 Å². The summed E-state index contributed by atoms with van der Waals surface area (Å²) in [5.74, 6) is 0.0494. The molecule has 1 saturated heterocycles. The molecule has 1 amide bonds. The summed E-state index contributed by atoms with van der Waals surface area (Å²) in [5.41, 5.74) is -0.00678. The number of carbonyl (C=O) groups is 1. The van der Waals surface area contributed by atoms with Crippen LogP contribution in [0, 0.1) is 0 Å². The summed E-state index contributed by atoms with van der Waals surface area (Å²) in [6.45, 7) is 9.30. The van der Waals surface area contributed by atoms with Crippen LogP contribution in [0.5, 0.6) is 0 Å². The first-order chi connectivity index (χ1) is 7.40. The molecule has 1 aliphatic heterocycles. The van der Waals surface area contributed by atoms with Crippen LogP contribution in [-0.2, 0) is 4.79 Å². The van der Waals surface area contributed by atoms with Crippen LogP contribution >= 0.6 is 0 Å². The Balaban J connectivity index is 2.99. The van der Waals surface area contributed by atoms with Crippen molar-refractivity contribution in [2.75, 3.05) is 13.2 Å². The van der Waals surface area contributed by atoms with Crippen LogP contribution < -0.4 is 5.32 Å². The Bertz CT molecular complexity index is 251. The van der Waals surface area contributed by atoms with Crippen LogP contribution in [0.15, 0.2) is 0 Å². The number of rotatable bonds is 3. The zero-order valence-corrected chi connectivity index (χ0v) is 10.8. The lowest BCUT2D eigenvalue weighted by atomic mass is 9.94. The molecule has 2 N–H and O–H groups in total. The fraction of sp³-hybridized carbons (Fsp3) is 0.917. The quantitative estimate of drug-likeness (QED) is 0.749. The Hall–Kier alpha value is -0.610. The van der Waals surface area contributed by atoms with Gasteiger partial charge in [0.2, 0.25) is 5.91 Å². The Kier molecular flexibility index (Phi) is 4.33. The van der Waals surface area contributed by atoms with Crippen molar-refractivity contribution < 1.29 is 9.90 Å². The second kappa shape index (κ2) is 5.15. The highest BCUT2D eigenvalue weighted by molar-refractivity contribution is 5.82. The topological polar surface area (TPSA) is 52.6 Å². The van der Waals surface area contributed by atoms with E-state index in [-0.39, 0.29) is 24.1 Å². The van der Waals surface area contributed by atoms with E-state index >= 15 is 0 Å². The van der Waals surface area contributed by atoms with E-state index in [1.165, 1.54) is 0 Å². The number of hydrogen-bond acceptors (Lipinski definition) is 3. The molecule has 1 unspecified atom stereocenters. The normalized spacial score (nSPS) is 26.6. The summed E-state index contributed by atoms with van der Waals surface area (Å²) >= 11 is 0. The van der Waals surface area contributed by atoms with Crippen molar-refractivity contribution in [1.82, 2.24) is 10.2 Å². The maximum absolute atomic E-state index is 11.9. The third-order valence-electron chi connectivity index (χ3n) is 3.33. The number of amides is 1. The minimum atomic E-state index is -0.206. The number of hydrogen-bond donors (Lipinski definition) is 2. The van der Waals surface area contributed by atoms with Gasteiger partial charge in [-0.25, -0.2) is 0 Å². The van der Waals surface area contributed by atoms with Crippen LogP contribution in [0.1, 0.15) is 40.5 Å². The lowest BCUT2D eigenvalue weighted by molar-refractivity contribution is -0.128. The molecule has 4 nitrogen and oxygen atoms in total. The molecular weight excluding hydrogens is 204 g/mol. The third-order valence-corrected chi connectivity index (χ3v) is 3.33. The van der Waals surface area contributed by atoms with Gasteiger partial charge in [0, 0.05) is 24.7 Å². The highest BCUT2D eigenvalue weighted by Crippen LogP contribution is 2.27. The molecule has 0 aromatic heterocycles. The Labute approximate surface area is 98.0 Å². The van der Waals surface area contributed by atoms with Crippen molar-refractivity contribution in [1.29, 1.82) is 0 Å². The molecule has 4 heteroatoms. The maximum atomic E-state index is 11.9. The molecule has 0 aliphatic carbocycles. The number of carbonyl (C=O) groups excluding carboxylic acids is 1. The van der Waals surface area contributed by atoms with Crippen LogP contribution in [0.3, 0.4) is 0 Å². The van der Waals surface area contributed by atoms with E-state index in [0.717, 1.165) is 13.0 Å². The van der Waals surface area contributed by atoms with Gasteiger partial charge in [-0.1, -0.05) is 0 Å². The Morgan fingerprint density at radius 2 is 2.19 bits per heavy atom. The zero-order chi connectivity index (χ0) is 12.3. The van der Waals surface area contributed by atoms with Crippen LogP contribution in [0.2, 0.25) is 0 Å². The van der Waals surface area contributed by atoms with Gasteiger partial charge in [-0.05, 0) is 40.5 Å². The monoisotopic (exact) mass is 228 g/mol. The van der Waals surface area contributed by atoms with Gasteiger partial charge in [0.25, 0.3) is 0 Å². The molecule has 0 aromatic carbocycles. The van der Waals surface area contributed by atoms with Crippen molar-refractivity contribution in [3.63, 3.8) is 0 Å². The van der Waals surface area contributed by atoms with Gasteiger partial charge in [0.1, 0.15) is 0 Å². The zero-order valence-electron chi connectivity index (χ0n) is 10.8. The largest absolute Gasteiger partial charge is 0.396 e. The summed E-state index contributed by atoms with van der Waals surface area (Å²) in [6, 6.07) is 0.0953. The van der Waals surface area contributed by atoms with Crippen LogP contribution in [0.4, 0.5) is 0 Å². The lowest BCUT2D eigenvalue weighted by Crippen LogP contribution is -2.55. The molecule has 16 heavy (non-hydrogen) atoms. The first-order valence-electron chi connectivity index (χ1n) is 6.07. The van der Waals surface area contributed by atoms with Gasteiger partial charge in [0.15, 0.2) is 0 Å². The molecule has 0 radical (unpaired) electrons. The fourth-order valence-corrected chi connectivity index (χ4v) is 2.74. The SMILES string of the molecule is CC(C)N1C(CCO)C(=O)NCCC1(C)C. The second-order valence-corrected chi connectivity index (χ2v) is 5.38. The van der Waals surface area contributed by atoms with Gasteiger partial charge in [0.05, 0.1) is 6.04 Å². The predicted molar refractivity (Wildman–Crippen MR) is 64.2 cm³/mol. The van der Waals surface area contributed by atoms with Crippen LogP contribution in [0.25, 0.3) is 0 Å². The van der Waals surface area contributed by atoms with E-state index in [1.54, 1.807) is 0 Å². The van der Waals surface area contributed by atoms with Gasteiger partial charge in [-0.15, -0.1) is 0 Å². The third kappa shape index (κ3) is 2.74. The van der Waals surface area contributed by atoms with E-state index in [0.29, 0.717) is 12.5 Å². The molecule has 1 aliphatic rings. The summed E-state index contributed by atoms with van der Waals surface area (Å²) in [7, 11) is 0. The number of aliphatic hydroxyl groups excluding tert-OH is 1.